The lowest BCUT2D eigenvalue weighted by Gasteiger charge is -2.38. The molecule has 1 aliphatic heterocycles. The molecular formula is C13H28N2O. The molecule has 3 nitrogen and oxygen atoms in total. The van der Waals surface area contributed by atoms with Crippen LogP contribution in [0.4, 0.5) is 0 Å². The van der Waals surface area contributed by atoms with Gasteiger partial charge in [0, 0.05) is 25.7 Å². The molecular weight excluding hydrogens is 200 g/mol. The monoisotopic (exact) mass is 228 g/mol. The van der Waals surface area contributed by atoms with Gasteiger partial charge in [0.1, 0.15) is 0 Å². The number of rotatable bonds is 5. The summed E-state index contributed by atoms with van der Waals surface area (Å²) in [5.41, 5.74) is 0. The Hall–Kier alpha value is -0.120. The number of nitrogens with zero attached hydrogens (tertiary/aromatic N) is 2. The molecule has 1 fully saturated rings. The second-order valence-corrected chi connectivity index (χ2v) is 5.54. The zero-order chi connectivity index (χ0) is 12.1. The standard InChI is InChI=1S/C13H28N2O/c1-5-11(2)8-13(16)9-12-10-14(3)6-7-15(12)4/h11-13,16H,5-10H2,1-4H3. The highest BCUT2D eigenvalue weighted by molar-refractivity contribution is 4.81. The Morgan fingerprint density at radius 3 is 2.62 bits per heavy atom. The quantitative estimate of drug-likeness (QED) is 0.771. The van der Waals surface area contributed by atoms with Gasteiger partial charge in [-0.1, -0.05) is 20.3 Å². The third-order valence-corrected chi connectivity index (χ3v) is 3.90. The Kier molecular flexibility index (Phi) is 5.73. The van der Waals surface area contributed by atoms with E-state index >= 15 is 0 Å². The van der Waals surface area contributed by atoms with E-state index in [1.165, 1.54) is 0 Å². The van der Waals surface area contributed by atoms with Crippen LogP contribution in [0.3, 0.4) is 0 Å². The highest BCUT2D eigenvalue weighted by atomic mass is 16.3. The Morgan fingerprint density at radius 1 is 1.31 bits per heavy atom. The van der Waals surface area contributed by atoms with Crippen molar-refractivity contribution in [2.24, 2.45) is 5.92 Å². The number of likely N-dealkylation sites (N-methyl/N-ethyl adjacent to an activating group) is 2. The molecule has 1 saturated heterocycles. The van der Waals surface area contributed by atoms with Crippen LogP contribution in [0.5, 0.6) is 0 Å². The van der Waals surface area contributed by atoms with Crippen LogP contribution < -0.4 is 0 Å². The van der Waals surface area contributed by atoms with E-state index in [-0.39, 0.29) is 6.10 Å². The van der Waals surface area contributed by atoms with Gasteiger partial charge in [-0.15, -0.1) is 0 Å². The molecule has 96 valence electrons. The van der Waals surface area contributed by atoms with Crippen LogP contribution in [0.15, 0.2) is 0 Å². The summed E-state index contributed by atoms with van der Waals surface area (Å²) in [5, 5.41) is 10.1. The van der Waals surface area contributed by atoms with Crippen molar-refractivity contribution in [2.75, 3.05) is 33.7 Å². The summed E-state index contributed by atoms with van der Waals surface area (Å²) >= 11 is 0. The third-order valence-electron chi connectivity index (χ3n) is 3.90. The van der Waals surface area contributed by atoms with Crippen LogP contribution in [-0.4, -0.2) is 60.8 Å². The highest BCUT2D eigenvalue weighted by Gasteiger charge is 2.24. The van der Waals surface area contributed by atoms with Crippen LogP contribution in [0.25, 0.3) is 0 Å². The van der Waals surface area contributed by atoms with Gasteiger partial charge in [-0.05, 0) is 32.9 Å². The van der Waals surface area contributed by atoms with Gasteiger partial charge in [0.25, 0.3) is 0 Å². The van der Waals surface area contributed by atoms with E-state index in [9.17, 15) is 5.11 Å². The number of aliphatic hydroxyl groups is 1. The van der Waals surface area contributed by atoms with Gasteiger partial charge in [0.15, 0.2) is 0 Å². The minimum atomic E-state index is -0.131. The molecule has 0 saturated carbocycles. The SMILES string of the molecule is CCC(C)CC(O)CC1CN(C)CCN1C. The minimum Gasteiger partial charge on any atom is -0.393 e. The van der Waals surface area contributed by atoms with Gasteiger partial charge in [-0.25, -0.2) is 0 Å². The molecule has 3 unspecified atom stereocenters. The Morgan fingerprint density at radius 2 is 2.00 bits per heavy atom. The van der Waals surface area contributed by atoms with Crippen molar-refractivity contribution in [2.45, 2.75) is 45.3 Å². The predicted molar refractivity (Wildman–Crippen MR) is 68.6 cm³/mol. The van der Waals surface area contributed by atoms with Crippen LogP contribution in [0, 0.1) is 5.92 Å². The van der Waals surface area contributed by atoms with Crippen LogP contribution >= 0.6 is 0 Å². The number of piperazine rings is 1. The highest BCUT2D eigenvalue weighted by Crippen LogP contribution is 2.17. The van der Waals surface area contributed by atoms with E-state index in [0.29, 0.717) is 12.0 Å². The molecule has 3 heteroatoms. The normalized spacial score (nSPS) is 27.9. The first-order chi connectivity index (χ1) is 7.52. The van der Waals surface area contributed by atoms with E-state index in [2.05, 4.69) is 37.7 Å². The Bertz CT molecular complexity index is 198. The summed E-state index contributed by atoms with van der Waals surface area (Å²) in [6, 6.07) is 0.526. The lowest BCUT2D eigenvalue weighted by Crippen LogP contribution is -2.51. The van der Waals surface area contributed by atoms with Crippen molar-refractivity contribution in [3.63, 3.8) is 0 Å². The molecule has 3 atom stereocenters. The van der Waals surface area contributed by atoms with E-state index in [1.54, 1.807) is 0 Å². The Labute approximate surface area is 100 Å². The maximum absolute atomic E-state index is 10.1. The molecule has 0 aliphatic carbocycles. The molecule has 0 aromatic heterocycles. The second-order valence-electron chi connectivity index (χ2n) is 5.54. The largest absolute Gasteiger partial charge is 0.393 e. The third kappa shape index (κ3) is 4.40. The minimum absolute atomic E-state index is 0.131. The maximum atomic E-state index is 10.1. The first-order valence-electron chi connectivity index (χ1n) is 6.59. The fraction of sp³-hybridized carbons (Fsp3) is 1.00. The van der Waals surface area contributed by atoms with Gasteiger partial charge in [-0.3, -0.25) is 0 Å². The fourth-order valence-electron chi connectivity index (χ4n) is 2.40. The smallest absolute Gasteiger partial charge is 0.0558 e. The second kappa shape index (κ2) is 6.58. The zero-order valence-corrected chi connectivity index (χ0v) is 11.3. The van der Waals surface area contributed by atoms with Gasteiger partial charge >= 0.3 is 0 Å². The first kappa shape index (κ1) is 13.9. The number of hydrogen-bond acceptors (Lipinski definition) is 3. The topological polar surface area (TPSA) is 26.7 Å². The molecule has 0 amide bonds. The fourth-order valence-corrected chi connectivity index (χ4v) is 2.40. The summed E-state index contributed by atoms with van der Waals surface area (Å²) in [5.74, 6) is 0.640. The lowest BCUT2D eigenvalue weighted by atomic mass is 9.95. The summed E-state index contributed by atoms with van der Waals surface area (Å²) in [6.07, 6.45) is 2.90. The van der Waals surface area contributed by atoms with Gasteiger partial charge < -0.3 is 14.9 Å². The molecule has 0 aromatic carbocycles. The van der Waals surface area contributed by atoms with E-state index < -0.39 is 0 Å². The van der Waals surface area contributed by atoms with Gasteiger partial charge in [-0.2, -0.15) is 0 Å². The molecule has 0 bridgehead atoms. The molecule has 16 heavy (non-hydrogen) atoms. The summed E-state index contributed by atoms with van der Waals surface area (Å²) < 4.78 is 0. The molecule has 0 radical (unpaired) electrons. The van der Waals surface area contributed by atoms with Crippen LogP contribution in [0.1, 0.15) is 33.1 Å². The summed E-state index contributed by atoms with van der Waals surface area (Å²) in [4.78, 5) is 4.75. The van der Waals surface area contributed by atoms with E-state index in [4.69, 9.17) is 0 Å². The first-order valence-corrected chi connectivity index (χ1v) is 6.59. The summed E-state index contributed by atoms with van der Waals surface area (Å²) in [7, 11) is 4.34. The van der Waals surface area contributed by atoms with Crippen molar-refractivity contribution in [3.8, 4) is 0 Å². The average molecular weight is 228 g/mol. The maximum Gasteiger partial charge on any atom is 0.0558 e. The molecule has 0 aromatic rings. The summed E-state index contributed by atoms with van der Waals surface area (Å²) in [6.45, 7) is 7.78. The average Bonchev–Trinajstić information content (AvgIpc) is 2.23. The van der Waals surface area contributed by atoms with Crippen molar-refractivity contribution < 1.29 is 5.11 Å². The lowest BCUT2D eigenvalue weighted by molar-refractivity contribution is 0.0543. The van der Waals surface area contributed by atoms with Crippen molar-refractivity contribution >= 4 is 0 Å². The van der Waals surface area contributed by atoms with Crippen molar-refractivity contribution in [1.29, 1.82) is 0 Å². The molecule has 1 rings (SSSR count). The zero-order valence-electron chi connectivity index (χ0n) is 11.3. The van der Waals surface area contributed by atoms with Gasteiger partial charge in [0.2, 0.25) is 0 Å². The molecule has 1 N–H and O–H groups in total. The number of hydrogen-bond donors (Lipinski definition) is 1. The number of aliphatic hydroxyl groups excluding tert-OH is 1. The van der Waals surface area contributed by atoms with Crippen LogP contribution in [0.2, 0.25) is 0 Å². The Balaban J connectivity index is 2.33. The predicted octanol–water partition coefficient (Wildman–Crippen LogP) is 1.42. The molecule has 1 aliphatic rings. The molecule has 1 heterocycles. The van der Waals surface area contributed by atoms with E-state index in [0.717, 1.165) is 38.9 Å². The van der Waals surface area contributed by atoms with Crippen molar-refractivity contribution in [3.05, 3.63) is 0 Å². The van der Waals surface area contributed by atoms with Gasteiger partial charge in [0.05, 0.1) is 6.10 Å². The molecule has 0 spiro atoms. The van der Waals surface area contributed by atoms with Crippen molar-refractivity contribution in [1.82, 2.24) is 9.80 Å². The van der Waals surface area contributed by atoms with E-state index in [1.807, 2.05) is 0 Å². The van der Waals surface area contributed by atoms with Crippen LogP contribution in [-0.2, 0) is 0 Å².